The Kier molecular flexibility index (Phi) is 5.29. The Hall–Kier alpha value is -2.16. The molecule has 0 radical (unpaired) electrons. The Morgan fingerprint density at radius 3 is 2.62 bits per heavy atom. The monoisotopic (exact) mass is 355 g/mol. The number of aryl methyl sites for hydroxylation is 1. The zero-order chi connectivity index (χ0) is 16.9. The molecule has 2 heterocycles. The molecule has 2 aromatic heterocycles. The molecule has 122 valence electrons. The number of esters is 1. The maximum absolute atomic E-state index is 12.3. The van der Waals surface area contributed by atoms with Gasteiger partial charge in [-0.3, -0.25) is 0 Å². The third kappa shape index (κ3) is 3.84. The summed E-state index contributed by atoms with van der Waals surface area (Å²) >= 11 is 3.26. The van der Waals surface area contributed by atoms with Gasteiger partial charge in [0.05, 0.1) is 15.6 Å². The SMILES string of the molecule is CCCCCc1cc2cc(C(=O)Oc3ccc(C#N)cc3)sc2s1. The number of ether oxygens (including phenoxy) is 1. The van der Waals surface area contributed by atoms with E-state index >= 15 is 0 Å². The molecule has 24 heavy (non-hydrogen) atoms. The van der Waals surface area contributed by atoms with Crippen LogP contribution in [0.3, 0.4) is 0 Å². The molecule has 0 fully saturated rings. The van der Waals surface area contributed by atoms with Crippen LogP contribution < -0.4 is 4.74 Å². The Balaban J connectivity index is 1.68. The largest absolute Gasteiger partial charge is 0.422 e. The molecular weight excluding hydrogens is 338 g/mol. The van der Waals surface area contributed by atoms with Crippen molar-refractivity contribution >= 4 is 38.0 Å². The third-order valence-corrected chi connectivity index (χ3v) is 6.12. The number of nitriles is 1. The van der Waals surface area contributed by atoms with E-state index in [0.717, 1.165) is 11.8 Å². The fraction of sp³-hybridized carbons (Fsp3) is 0.263. The van der Waals surface area contributed by atoms with Crippen molar-refractivity contribution in [1.82, 2.24) is 0 Å². The summed E-state index contributed by atoms with van der Waals surface area (Å²) in [5, 5.41) is 9.91. The van der Waals surface area contributed by atoms with Crippen LogP contribution in [0.4, 0.5) is 0 Å². The second kappa shape index (κ2) is 7.61. The number of hydrogen-bond donors (Lipinski definition) is 0. The lowest BCUT2D eigenvalue weighted by Crippen LogP contribution is -2.06. The van der Waals surface area contributed by atoms with Gasteiger partial charge in [-0.05, 0) is 49.2 Å². The summed E-state index contributed by atoms with van der Waals surface area (Å²) in [6.07, 6.45) is 4.82. The van der Waals surface area contributed by atoms with E-state index in [1.54, 1.807) is 35.6 Å². The van der Waals surface area contributed by atoms with Crippen molar-refractivity contribution < 1.29 is 9.53 Å². The standard InChI is InChI=1S/C19H17NO2S2/c1-2-3-4-5-16-10-14-11-17(24-19(14)23-16)18(21)22-15-8-6-13(12-20)7-9-15/h6-11H,2-5H2,1H3. The number of carbonyl (C=O) groups is 1. The minimum atomic E-state index is -0.347. The van der Waals surface area contributed by atoms with Crippen LogP contribution in [0.15, 0.2) is 36.4 Å². The molecule has 3 rings (SSSR count). The summed E-state index contributed by atoms with van der Waals surface area (Å²) in [5.41, 5.74) is 0.544. The number of nitrogens with zero attached hydrogens (tertiary/aromatic N) is 1. The molecular formula is C19H17NO2S2. The third-order valence-electron chi connectivity index (χ3n) is 3.69. The van der Waals surface area contributed by atoms with E-state index < -0.39 is 0 Å². The fourth-order valence-corrected chi connectivity index (χ4v) is 4.83. The Morgan fingerprint density at radius 2 is 1.96 bits per heavy atom. The Bertz CT molecular complexity index is 853. The molecule has 0 bridgehead atoms. The van der Waals surface area contributed by atoms with Gasteiger partial charge >= 0.3 is 5.97 Å². The van der Waals surface area contributed by atoms with E-state index in [2.05, 4.69) is 13.0 Å². The van der Waals surface area contributed by atoms with Gasteiger partial charge in [-0.15, -0.1) is 22.7 Å². The van der Waals surface area contributed by atoms with Crippen molar-refractivity contribution in [1.29, 1.82) is 5.26 Å². The summed E-state index contributed by atoms with van der Waals surface area (Å²) in [6.45, 7) is 2.21. The number of thiophene rings is 2. The Morgan fingerprint density at radius 1 is 1.17 bits per heavy atom. The number of carbonyl (C=O) groups excluding carboxylic acids is 1. The first-order chi connectivity index (χ1) is 11.7. The van der Waals surface area contributed by atoms with Gasteiger partial charge in [-0.25, -0.2) is 4.79 Å². The van der Waals surface area contributed by atoms with E-state index in [4.69, 9.17) is 10.00 Å². The molecule has 0 saturated heterocycles. The molecule has 3 aromatic rings. The summed E-state index contributed by atoms with van der Waals surface area (Å²) < 4.78 is 6.55. The smallest absolute Gasteiger partial charge is 0.353 e. The summed E-state index contributed by atoms with van der Waals surface area (Å²) in [7, 11) is 0. The highest BCUT2D eigenvalue weighted by Gasteiger charge is 2.15. The van der Waals surface area contributed by atoms with Crippen molar-refractivity contribution in [2.24, 2.45) is 0 Å². The van der Waals surface area contributed by atoms with E-state index in [1.165, 1.54) is 39.5 Å². The molecule has 0 aliphatic carbocycles. The van der Waals surface area contributed by atoms with Crippen LogP contribution in [0, 0.1) is 11.3 Å². The minimum absolute atomic E-state index is 0.347. The number of benzene rings is 1. The molecule has 3 nitrogen and oxygen atoms in total. The van der Waals surface area contributed by atoms with Crippen LogP contribution in [0.2, 0.25) is 0 Å². The molecule has 0 amide bonds. The van der Waals surface area contributed by atoms with Crippen LogP contribution >= 0.6 is 22.7 Å². The van der Waals surface area contributed by atoms with Gasteiger partial charge in [0, 0.05) is 10.3 Å². The normalized spacial score (nSPS) is 10.7. The van der Waals surface area contributed by atoms with Gasteiger partial charge in [-0.2, -0.15) is 5.26 Å². The zero-order valence-electron chi connectivity index (χ0n) is 13.4. The van der Waals surface area contributed by atoms with Crippen LogP contribution in [-0.2, 0) is 6.42 Å². The highest BCUT2D eigenvalue weighted by molar-refractivity contribution is 7.39. The van der Waals surface area contributed by atoms with Crippen molar-refractivity contribution in [2.45, 2.75) is 32.6 Å². The second-order valence-corrected chi connectivity index (χ2v) is 8.00. The number of hydrogen-bond acceptors (Lipinski definition) is 5. The van der Waals surface area contributed by atoms with Crippen LogP contribution in [0.5, 0.6) is 5.75 Å². The molecule has 0 saturated carbocycles. The predicted molar refractivity (Wildman–Crippen MR) is 99.0 cm³/mol. The first-order valence-corrected chi connectivity index (χ1v) is 9.57. The molecule has 0 atom stereocenters. The summed E-state index contributed by atoms with van der Waals surface area (Å²) in [5.74, 6) is 0.108. The minimum Gasteiger partial charge on any atom is -0.422 e. The number of fused-ring (bicyclic) bond motifs is 1. The van der Waals surface area contributed by atoms with Crippen molar-refractivity contribution in [3.05, 3.63) is 51.7 Å². The molecule has 0 spiro atoms. The number of rotatable bonds is 6. The van der Waals surface area contributed by atoms with Gasteiger partial charge in [0.15, 0.2) is 0 Å². The van der Waals surface area contributed by atoms with Gasteiger partial charge in [0.2, 0.25) is 0 Å². The van der Waals surface area contributed by atoms with Crippen molar-refractivity contribution in [3.8, 4) is 11.8 Å². The van der Waals surface area contributed by atoms with Gasteiger partial charge in [-0.1, -0.05) is 19.8 Å². The summed E-state index contributed by atoms with van der Waals surface area (Å²) in [6, 6.07) is 12.7. The average molecular weight is 355 g/mol. The van der Waals surface area contributed by atoms with E-state index in [1.807, 2.05) is 12.1 Å². The summed E-state index contributed by atoms with van der Waals surface area (Å²) in [4.78, 5) is 14.3. The van der Waals surface area contributed by atoms with E-state index in [-0.39, 0.29) is 5.97 Å². The average Bonchev–Trinajstić information content (AvgIpc) is 3.14. The molecule has 1 aromatic carbocycles. The van der Waals surface area contributed by atoms with Crippen LogP contribution in [0.1, 0.15) is 46.3 Å². The maximum Gasteiger partial charge on any atom is 0.353 e. The quantitative estimate of drug-likeness (QED) is 0.319. The molecule has 0 aliphatic rings. The molecule has 0 aliphatic heterocycles. The lowest BCUT2D eigenvalue weighted by molar-refractivity contribution is 0.0740. The molecule has 5 heteroatoms. The fourth-order valence-electron chi connectivity index (χ4n) is 2.42. The van der Waals surface area contributed by atoms with Gasteiger partial charge < -0.3 is 4.74 Å². The Labute approximate surface area is 149 Å². The van der Waals surface area contributed by atoms with Crippen LogP contribution in [-0.4, -0.2) is 5.97 Å². The zero-order valence-corrected chi connectivity index (χ0v) is 15.0. The van der Waals surface area contributed by atoms with Crippen molar-refractivity contribution in [3.63, 3.8) is 0 Å². The highest BCUT2D eigenvalue weighted by atomic mass is 32.2. The molecule has 0 N–H and O–H groups in total. The van der Waals surface area contributed by atoms with Gasteiger partial charge in [0.1, 0.15) is 10.6 Å². The predicted octanol–water partition coefficient (Wildman–Crippen LogP) is 5.79. The molecule has 0 unspecified atom stereocenters. The lowest BCUT2D eigenvalue weighted by Gasteiger charge is -2.02. The topological polar surface area (TPSA) is 50.1 Å². The highest BCUT2D eigenvalue weighted by Crippen LogP contribution is 2.34. The first-order valence-electron chi connectivity index (χ1n) is 7.94. The first kappa shape index (κ1) is 16.7. The number of unbranched alkanes of at least 4 members (excludes halogenated alkanes) is 2. The van der Waals surface area contributed by atoms with E-state index in [9.17, 15) is 4.79 Å². The van der Waals surface area contributed by atoms with Crippen LogP contribution in [0.25, 0.3) is 9.40 Å². The van der Waals surface area contributed by atoms with Crippen molar-refractivity contribution in [2.75, 3.05) is 0 Å². The second-order valence-electron chi connectivity index (χ2n) is 5.55. The van der Waals surface area contributed by atoms with Gasteiger partial charge in [0.25, 0.3) is 0 Å². The lowest BCUT2D eigenvalue weighted by atomic mass is 10.2. The maximum atomic E-state index is 12.3. The van der Waals surface area contributed by atoms with E-state index in [0.29, 0.717) is 16.2 Å².